The molecule has 1 aromatic carbocycles. The van der Waals surface area contributed by atoms with E-state index in [2.05, 4.69) is 11.9 Å². The fourth-order valence-electron chi connectivity index (χ4n) is 4.31. The van der Waals surface area contributed by atoms with E-state index in [0.717, 1.165) is 45.2 Å². The molecule has 1 atom stereocenters. The Morgan fingerprint density at radius 3 is 2.52 bits per heavy atom. The van der Waals surface area contributed by atoms with Crippen molar-refractivity contribution in [2.24, 2.45) is 5.41 Å². The summed E-state index contributed by atoms with van der Waals surface area (Å²) in [7, 11) is -1.27. The van der Waals surface area contributed by atoms with Gasteiger partial charge in [0, 0.05) is 31.3 Å². The Hall–Kier alpha value is -1.60. The minimum absolute atomic E-state index is 0.100. The number of nitrogens with zero attached hydrogens (tertiary/aromatic N) is 2. The summed E-state index contributed by atoms with van der Waals surface area (Å²) in [6.07, 6.45) is 4.28. The van der Waals surface area contributed by atoms with Gasteiger partial charge >= 0.3 is 0 Å². The standard InChI is InChI=1S/C20H30N2O4S/c1-15(2)26-18-7-6-16(27(4,24)25)12-17(18)19(23)22-10-5-8-20(14-22)9-11-21(3)13-20/h6-7,12,15H,5,8-11,13-14H2,1-4H3. The molecule has 1 spiro atoms. The predicted octanol–water partition coefficient (Wildman–Crippen LogP) is 2.44. The summed E-state index contributed by atoms with van der Waals surface area (Å²) in [6.45, 7) is 7.28. The summed E-state index contributed by atoms with van der Waals surface area (Å²) in [5, 5.41) is 0. The Bertz CT molecular complexity index is 817. The first-order valence-electron chi connectivity index (χ1n) is 9.58. The molecule has 2 fully saturated rings. The molecular weight excluding hydrogens is 364 g/mol. The number of rotatable bonds is 4. The normalized spacial score (nSPS) is 24.0. The molecule has 0 bridgehead atoms. The highest BCUT2D eigenvalue weighted by atomic mass is 32.2. The van der Waals surface area contributed by atoms with Crippen LogP contribution in [0.2, 0.25) is 0 Å². The van der Waals surface area contributed by atoms with Crippen LogP contribution >= 0.6 is 0 Å². The van der Waals surface area contributed by atoms with Crippen LogP contribution in [0.15, 0.2) is 23.1 Å². The van der Waals surface area contributed by atoms with Crippen LogP contribution < -0.4 is 4.74 Å². The fourth-order valence-corrected chi connectivity index (χ4v) is 4.95. The van der Waals surface area contributed by atoms with Crippen LogP contribution in [0.1, 0.15) is 43.5 Å². The highest BCUT2D eigenvalue weighted by Gasteiger charge is 2.41. The van der Waals surface area contributed by atoms with E-state index in [1.165, 1.54) is 12.1 Å². The molecule has 2 aliphatic rings. The van der Waals surface area contributed by atoms with Crippen LogP contribution in [0.25, 0.3) is 0 Å². The quantitative estimate of drug-likeness (QED) is 0.785. The van der Waals surface area contributed by atoms with Crippen LogP contribution in [0, 0.1) is 5.41 Å². The van der Waals surface area contributed by atoms with E-state index in [0.29, 0.717) is 17.9 Å². The van der Waals surface area contributed by atoms with Gasteiger partial charge in [-0.25, -0.2) is 8.42 Å². The van der Waals surface area contributed by atoms with Gasteiger partial charge in [-0.05, 0) is 64.9 Å². The van der Waals surface area contributed by atoms with Gasteiger partial charge in [0.2, 0.25) is 0 Å². The Morgan fingerprint density at radius 2 is 1.93 bits per heavy atom. The number of carbonyl (C=O) groups is 1. The monoisotopic (exact) mass is 394 g/mol. The molecule has 7 heteroatoms. The lowest BCUT2D eigenvalue weighted by Crippen LogP contribution is -2.47. The Morgan fingerprint density at radius 1 is 1.19 bits per heavy atom. The van der Waals surface area contributed by atoms with Crippen molar-refractivity contribution in [1.82, 2.24) is 9.80 Å². The average Bonchev–Trinajstić information content (AvgIpc) is 2.93. The highest BCUT2D eigenvalue weighted by molar-refractivity contribution is 7.90. The van der Waals surface area contributed by atoms with Crippen molar-refractivity contribution in [2.75, 3.05) is 39.5 Å². The summed E-state index contributed by atoms with van der Waals surface area (Å²) in [5.74, 6) is 0.315. The number of piperidine rings is 1. The van der Waals surface area contributed by atoms with Crippen molar-refractivity contribution in [3.05, 3.63) is 23.8 Å². The minimum atomic E-state index is -3.40. The van der Waals surface area contributed by atoms with Crippen molar-refractivity contribution in [3.63, 3.8) is 0 Å². The number of carbonyl (C=O) groups excluding carboxylic acids is 1. The maximum atomic E-state index is 13.3. The maximum absolute atomic E-state index is 13.3. The third-order valence-electron chi connectivity index (χ3n) is 5.55. The summed E-state index contributed by atoms with van der Waals surface area (Å²) < 4.78 is 29.8. The fraction of sp³-hybridized carbons (Fsp3) is 0.650. The first-order valence-corrected chi connectivity index (χ1v) is 11.5. The van der Waals surface area contributed by atoms with Crippen LogP contribution in [-0.4, -0.2) is 69.7 Å². The topological polar surface area (TPSA) is 66.9 Å². The molecule has 2 aliphatic heterocycles. The molecule has 0 radical (unpaired) electrons. The Labute approximate surface area is 162 Å². The molecule has 3 rings (SSSR count). The first kappa shape index (κ1) is 20.1. The van der Waals surface area contributed by atoms with E-state index in [4.69, 9.17) is 4.74 Å². The van der Waals surface area contributed by atoms with E-state index in [1.807, 2.05) is 18.7 Å². The van der Waals surface area contributed by atoms with E-state index >= 15 is 0 Å². The average molecular weight is 395 g/mol. The van der Waals surface area contributed by atoms with Gasteiger partial charge in [0.15, 0.2) is 9.84 Å². The second-order valence-electron chi connectivity index (χ2n) is 8.41. The summed E-state index contributed by atoms with van der Waals surface area (Å²) >= 11 is 0. The van der Waals surface area contributed by atoms with Crippen LogP contribution in [0.5, 0.6) is 5.75 Å². The number of amides is 1. The lowest BCUT2D eigenvalue weighted by atomic mass is 9.79. The zero-order valence-corrected chi connectivity index (χ0v) is 17.5. The number of likely N-dealkylation sites (tertiary alicyclic amines) is 2. The summed E-state index contributed by atoms with van der Waals surface area (Å²) in [4.78, 5) is 17.7. The smallest absolute Gasteiger partial charge is 0.257 e. The van der Waals surface area contributed by atoms with Crippen molar-refractivity contribution >= 4 is 15.7 Å². The van der Waals surface area contributed by atoms with Crippen LogP contribution in [-0.2, 0) is 9.84 Å². The Balaban J connectivity index is 1.92. The molecule has 0 aromatic heterocycles. The van der Waals surface area contributed by atoms with E-state index < -0.39 is 9.84 Å². The molecule has 1 aromatic rings. The summed E-state index contributed by atoms with van der Waals surface area (Å²) in [5.41, 5.74) is 0.505. The zero-order chi connectivity index (χ0) is 19.8. The summed E-state index contributed by atoms with van der Waals surface area (Å²) in [6, 6.07) is 4.58. The third kappa shape index (κ3) is 4.46. The van der Waals surface area contributed by atoms with Crippen LogP contribution in [0.3, 0.4) is 0 Å². The highest BCUT2D eigenvalue weighted by Crippen LogP contribution is 2.39. The molecule has 2 heterocycles. The lowest BCUT2D eigenvalue weighted by Gasteiger charge is -2.40. The largest absolute Gasteiger partial charge is 0.490 e. The SMILES string of the molecule is CC(C)Oc1ccc(S(C)(=O)=O)cc1C(=O)N1CCCC2(CCN(C)C2)C1. The van der Waals surface area contributed by atoms with E-state index in [-0.39, 0.29) is 22.3 Å². The maximum Gasteiger partial charge on any atom is 0.257 e. The minimum Gasteiger partial charge on any atom is -0.490 e. The van der Waals surface area contributed by atoms with Crippen molar-refractivity contribution in [2.45, 2.75) is 44.1 Å². The molecule has 1 amide bonds. The number of sulfone groups is 1. The van der Waals surface area contributed by atoms with Gasteiger partial charge in [-0.15, -0.1) is 0 Å². The van der Waals surface area contributed by atoms with E-state index in [1.54, 1.807) is 6.07 Å². The second-order valence-corrected chi connectivity index (χ2v) is 10.4. The number of benzene rings is 1. The number of hydrogen-bond acceptors (Lipinski definition) is 5. The van der Waals surface area contributed by atoms with E-state index in [9.17, 15) is 13.2 Å². The molecule has 27 heavy (non-hydrogen) atoms. The van der Waals surface area contributed by atoms with Gasteiger partial charge in [0.05, 0.1) is 16.6 Å². The molecule has 1 unspecified atom stereocenters. The number of hydrogen-bond donors (Lipinski definition) is 0. The molecule has 0 saturated carbocycles. The van der Waals surface area contributed by atoms with Crippen molar-refractivity contribution < 1.29 is 17.9 Å². The lowest BCUT2D eigenvalue weighted by molar-refractivity contribution is 0.0529. The van der Waals surface area contributed by atoms with Gasteiger partial charge in [-0.3, -0.25) is 4.79 Å². The van der Waals surface area contributed by atoms with Crippen LogP contribution in [0.4, 0.5) is 0 Å². The molecule has 0 aliphatic carbocycles. The Kier molecular flexibility index (Phi) is 5.54. The van der Waals surface area contributed by atoms with Gasteiger partial charge in [-0.2, -0.15) is 0 Å². The third-order valence-corrected chi connectivity index (χ3v) is 6.66. The van der Waals surface area contributed by atoms with Gasteiger partial charge in [-0.1, -0.05) is 0 Å². The zero-order valence-electron chi connectivity index (χ0n) is 16.7. The molecule has 6 nitrogen and oxygen atoms in total. The number of ether oxygens (including phenoxy) is 1. The molecular formula is C20H30N2O4S. The first-order chi connectivity index (χ1) is 12.6. The van der Waals surface area contributed by atoms with Crippen molar-refractivity contribution in [3.8, 4) is 5.75 Å². The van der Waals surface area contributed by atoms with Gasteiger partial charge in [0.25, 0.3) is 5.91 Å². The second kappa shape index (κ2) is 7.43. The van der Waals surface area contributed by atoms with Gasteiger partial charge < -0.3 is 14.5 Å². The van der Waals surface area contributed by atoms with Crippen molar-refractivity contribution in [1.29, 1.82) is 0 Å². The van der Waals surface area contributed by atoms with Gasteiger partial charge in [0.1, 0.15) is 5.75 Å². The molecule has 2 saturated heterocycles. The molecule has 150 valence electrons. The molecule has 0 N–H and O–H groups in total. The predicted molar refractivity (Wildman–Crippen MR) is 105 cm³/mol.